The first-order valence-electron chi connectivity index (χ1n) is 9.22. The van der Waals surface area contributed by atoms with Crippen LogP contribution in [0.3, 0.4) is 0 Å². The summed E-state index contributed by atoms with van der Waals surface area (Å²) < 4.78 is 12.9. The quantitative estimate of drug-likeness (QED) is 0.622. The average Bonchev–Trinajstić information content (AvgIpc) is 3.23. The summed E-state index contributed by atoms with van der Waals surface area (Å²) in [6, 6.07) is 16.8. The van der Waals surface area contributed by atoms with Gasteiger partial charge in [0.2, 0.25) is 0 Å². The minimum atomic E-state index is -0.273. The van der Waals surface area contributed by atoms with Gasteiger partial charge in [-0.2, -0.15) is 0 Å². The van der Waals surface area contributed by atoms with Gasteiger partial charge in [0.1, 0.15) is 0 Å². The predicted octanol–water partition coefficient (Wildman–Crippen LogP) is 4.77. The first kappa shape index (κ1) is 19.4. The van der Waals surface area contributed by atoms with Crippen LogP contribution < -0.4 is 20.1 Å². The number of anilines is 1. The molecule has 0 aliphatic heterocycles. The zero-order valence-corrected chi connectivity index (χ0v) is 16.3. The topological polar surface area (TPSA) is 64.5 Å². The van der Waals surface area contributed by atoms with Crippen molar-refractivity contribution in [2.45, 2.75) is 19.9 Å². The van der Waals surface area contributed by atoms with Crippen molar-refractivity contribution in [1.29, 1.82) is 0 Å². The molecule has 6 heteroatoms. The molecule has 1 heterocycles. The van der Waals surface area contributed by atoms with Gasteiger partial charge in [0.05, 0.1) is 19.8 Å². The van der Waals surface area contributed by atoms with Crippen molar-refractivity contribution in [3.8, 4) is 17.2 Å². The Hall–Kier alpha value is -3.41. The third-order valence-corrected chi connectivity index (χ3v) is 4.34. The first-order valence-corrected chi connectivity index (χ1v) is 9.22. The van der Waals surface area contributed by atoms with E-state index in [1.165, 1.54) is 0 Å². The molecule has 0 aliphatic rings. The molecule has 146 valence electrons. The van der Waals surface area contributed by atoms with Crippen molar-refractivity contribution < 1.29 is 14.3 Å². The van der Waals surface area contributed by atoms with E-state index in [-0.39, 0.29) is 12.1 Å². The van der Waals surface area contributed by atoms with Crippen LogP contribution in [0.5, 0.6) is 11.5 Å². The summed E-state index contributed by atoms with van der Waals surface area (Å²) in [6.45, 7) is 4.41. The summed E-state index contributed by atoms with van der Waals surface area (Å²) in [5.41, 5.74) is 2.63. The molecule has 2 N–H and O–H groups in total. The van der Waals surface area contributed by atoms with E-state index in [0.29, 0.717) is 18.1 Å². The highest BCUT2D eigenvalue weighted by Crippen LogP contribution is 2.30. The fourth-order valence-electron chi connectivity index (χ4n) is 2.93. The normalized spacial score (nSPS) is 11.5. The van der Waals surface area contributed by atoms with E-state index in [9.17, 15) is 4.79 Å². The summed E-state index contributed by atoms with van der Waals surface area (Å²) in [5, 5.41) is 5.83. The van der Waals surface area contributed by atoms with E-state index in [4.69, 9.17) is 9.47 Å². The number of hydrogen-bond donors (Lipinski definition) is 2. The van der Waals surface area contributed by atoms with Crippen LogP contribution in [0.25, 0.3) is 5.69 Å². The molecule has 3 aromatic rings. The third-order valence-electron chi connectivity index (χ3n) is 4.34. The van der Waals surface area contributed by atoms with Crippen LogP contribution in [0, 0.1) is 0 Å². The lowest BCUT2D eigenvalue weighted by atomic mass is 10.1. The van der Waals surface area contributed by atoms with Crippen molar-refractivity contribution in [3.63, 3.8) is 0 Å². The number of amides is 2. The van der Waals surface area contributed by atoms with Gasteiger partial charge >= 0.3 is 6.03 Å². The lowest BCUT2D eigenvalue weighted by molar-refractivity contribution is 0.249. The maximum absolute atomic E-state index is 12.4. The molecule has 0 bridgehead atoms. The summed E-state index contributed by atoms with van der Waals surface area (Å²) >= 11 is 0. The highest BCUT2D eigenvalue weighted by Gasteiger charge is 2.13. The Balaban J connectivity index is 1.65. The van der Waals surface area contributed by atoms with Gasteiger partial charge in [-0.3, -0.25) is 0 Å². The summed E-state index contributed by atoms with van der Waals surface area (Å²) in [5.74, 6) is 1.33. The number of nitrogens with zero attached hydrogens (tertiary/aromatic N) is 1. The van der Waals surface area contributed by atoms with Gasteiger partial charge in [0.25, 0.3) is 0 Å². The molecule has 0 fully saturated rings. The molecule has 28 heavy (non-hydrogen) atoms. The largest absolute Gasteiger partial charge is 0.493 e. The molecular weight excluding hydrogens is 354 g/mol. The van der Waals surface area contributed by atoms with Crippen LogP contribution in [0.2, 0.25) is 0 Å². The highest BCUT2D eigenvalue weighted by atomic mass is 16.5. The van der Waals surface area contributed by atoms with Crippen molar-refractivity contribution in [2.24, 2.45) is 0 Å². The van der Waals surface area contributed by atoms with Crippen LogP contribution in [0.4, 0.5) is 10.5 Å². The molecule has 3 rings (SSSR count). The average molecular weight is 379 g/mol. The monoisotopic (exact) mass is 379 g/mol. The molecule has 2 amide bonds. The number of methoxy groups -OCH3 is 1. The number of carbonyl (C=O) groups is 1. The van der Waals surface area contributed by atoms with Crippen LogP contribution in [0.15, 0.2) is 67.0 Å². The molecule has 0 radical (unpaired) electrons. The van der Waals surface area contributed by atoms with E-state index in [1.54, 1.807) is 7.11 Å². The molecular formula is C22H25N3O3. The van der Waals surface area contributed by atoms with Crippen molar-refractivity contribution in [3.05, 3.63) is 72.6 Å². The SMILES string of the molecule is CCOc1ccc(C(C)NC(=O)Nc2cccc(-n3cccc3)c2)cc1OC. The van der Waals surface area contributed by atoms with Crippen molar-refractivity contribution in [1.82, 2.24) is 9.88 Å². The molecule has 1 unspecified atom stereocenters. The second-order valence-corrected chi connectivity index (χ2v) is 6.30. The van der Waals surface area contributed by atoms with Gasteiger partial charge in [-0.15, -0.1) is 0 Å². The van der Waals surface area contributed by atoms with Gasteiger partial charge in [0, 0.05) is 23.8 Å². The zero-order valence-electron chi connectivity index (χ0n) is 16.3. The van der Waals surface area contributed by atoms with E-state index >= 15 is 0 Å². The first-order chi connectivity index (χ1) is 13.6. The number of benzene rings is 2. The number of carbonyl (C=O) groups excluding carboxylic acids is 1. The molecule has 2 aromatic carbocycles. The smallest absolute Gasteiger partial charge is 0.319 e. The third kappa shape index (κ3) is 4.65. The van der Waals surface area contributed by atoms with Crippen LogP contribution in [-0.4, -0.2) is 24.3 Å². The van der Waals surface area contributed by atoms with E-state index in [0.717, 1.165) is 16.9 Å². The Morgan fingerprint density at radius 1 is 1.07 bits per heavy atom. The number of aromatic nitrogens is 1. The summed E-state index contributed by atoms with van der Waals surface area (Å²) in [4.78, 5) is 12.4. The van der Waals surface area contributed by atoms with Crippen LogP contribution in [0.1, 0.15) is 25.5 Å². The zero-order chi connectivity index (χ0) is 19.9. The van der Waals surface area contributed by atoms with Gasteiger partial charge in [-0.1, -0.05) is 12.1 Å². The minimum Gasteiger partial charge on any atom is -0.493 e. The number of ether oxygens (including phenoxy) is 2. The lowest BCUT2D eigenvalue weighted by Gasteiger charge is -2.17. The highest BCUT2D eigenvalue weighted by molar-refractivity contribution is 5.89. The fourth-order valence-corrected chi connectivity index (χ4v) is 2.93. The predicted molar refractivity (Wildman–Crippen MR) is 111 cm³/mol. The van der Waals surface area contributed by atoms with Gasteiger partial charge < -0.3 is 24.7 Å². The van der Waals surface area contributed by atoms with Gasteiger partial charge in [-0.05, 0) is 61.9 Å². The number of hydrogen-bond acceptors (Lipinski definition) is 3. The Kier molecular flexibility index (Phi) is 6.22. The van der Waals surface area contributed by atoms with Crippen LogP contribution >= 0.6 is 0 Å². The maximum atomic E-state index is 12.4. The molecule has 1 atom stereocenters. The maximum Gasteiger partial charge on any atom is 0.319 e. The van der Waals surface area contributed by atoms with Crippen LogP contribution in [-0.2, 0) is 0 Å². The molecule has 0 saturated carbocycles. The number of urea groups is 1. The van der Waals surface area contributed by atoms with Gasteiger partial charge in [-0.25, -0.2) is 4.79 Å². The second kappa shape index (κ2) is 8.99. The van der Waals surface area contributed by atoms with E-state index in [2.05, 4.69) is 10.6 Å². The Morgan fingerprint density at radius 3 is 2.57 bits per heavy atom. The number of rotatable bonds is 7. The molecule has 6 nitrogen and oxygen atoms in total. The Labute approximate surface area is 165 Å². The van der Waals surface area contributed by atoms with E-state index < -0.39 is 0 Å². The van der Waals surface area contributed by atoms with Crippen molar-refractivity contribution in [2.75, 3.05) is 19.0 Å². The molecule has 1 aromatic heterocycles. The Bertz CT molecular complexity index is 923. The standard InChI is InChI=1S/C22H25N3O3/c1-4-28-20-11-10-17(14-21(20)27-3)16(2)23-22(26)24-18-8-7-9-19(15-18)25-12-5-6-13-25/h5-16H,4H2,1-3H3,(H2,23,24,26). The molecule has 0 aliphatic carbocycles. The summed E-state index contributed by atoms with van der Waals surface area (Å²) in [6.07, 6.45) is 3.92. The van der Waals surface area contributed by atoms with E-state index in [1.807, 2.05) is 85.4 Å². The minimum absolute atomic E-state index is 0.197. The second-order valence-electron chi connectivity index (χ2n) is 6.30. The van der Waals surface area contributed by atoms with Gasteiger partial charge in [0.15, 0.2) is 11.5 Å². The Morgan fingerprint density at radius 2 is 1.86 bits per heavy atom. The lowest BCUT2D eigenvalue weighted by Crippen LogP contribution is -2.31. The summed E-state index contributed by atoms with van der Waals surface area (Å²) in [7, 11) is 1.60. The molecule has 0 saturated heterocycles. The number of nitrogens with one attached hydrogen (secondary N) is 2. The molecule has 0 spiro atoms. The van der Waals surface area contributed by atoms with Crippen molar-refractivity contribution >= 4 is 11.7 Å². The fraction of sp³-hybridized carbons (Fsp3) is 0.227.